The van der Waals surface area contributed by atoms with E-state index in [0.717, 1.165) is 31.4 Å². The highest BCUT2D eigenvalue weighted by atomic mass is 16.5. The Morgan fingerprint density at radius 2 is 1.58 bits per heavy atom. The van der Waals surface area contributed by atoms with E-state index in [1.807, 2.05) is 17.0 Å². The van der Waals surface area contributed by atoms with Gasteiger partial charge in [-0.15, -0.1) is 0 Å². The lowest BCUT2D eigenvalue weighted by molar-refractivity contribution is -0.141. The number of nitrogens with zero attached hydrogens (tertiary/aromatic N) is 1. The Kier molecular flexibility index (Phi) is 6.30. The Hall–Kier alpha value is -1.88. The Labute approximate surface area is 156 Å². The summed E-state index contributed by atoms with van der Waals surface area (Å²) in [6.45, 7) is 6.99. The summed E-state index contributed by atoms with van der Waals surface area (Å²) in [7, 11) is 0. The second kappa shape index (κ2) is 8.67. The van der Waals surface area contributed by atoms with Gasteiger partial charge in [0.1, 0.15) is 0 Å². The van der Waals surface area contributed by atoms with Crippen LogP contribution in [0.1, 0.15) is 51.0 Å². The summed E-state index contributed by atoms with van der Waals surface area (Å²) >= 11 is 0. The lowest BCUT2D eigenvalue weighted by atomic mass is 9.81. The van der Waals surface area contributed by atoms with Crippen LogP contribution in [0.4, 0.5) is 5.69 Å². The van der Waals surface area contributed by atoms with Crippen molar-refractivity contribution in [3.05, 3.63) is 29.8 Å². The van der Waals surface area contributed by atoms with Gasteiger partial charge in [-0.1, -0.05) is 26.0 Å². The summed E-state index contributed by atoms with van der Waals surface area (Å²) in [5, 5.41) is 3.03. The van der Waals surface area contributed by atoms with Crippen LogP contribution < -0.4 is 5.32 Å². The quantitative estimate of drug-likeness (QED) is 0.897. The Bertz CT molecular complexity index is 613. The van der Waals surface area contributed by atoms with Crippen LogP contribution in [-0.2, 0) is 14.3 Å². The van der Waals surface area contributed by atoms with Crippen LogP contribution in [0.3, 0.4) is 0 Å². The van der Waals surface area contributed by atoms with Gasteiger partial charge in [-0.25, -0.2) is 0 Å². The van der Waals surface area contributed by atoms with Crippen LogP contribution in [0.15, 0.2) is 24.3 Å². The molecule has 0 aromatic heterocycles. The molecule has 1 aromatic rings. The summed E-state index contributed by atoms with van der Waals surface area (Å²) in [5.74, 6) is 0.894. The summed E-state index contributed by atoms with van der Waals surface area (Å²) in [6, 6.07) is 8.08. The van der Waals surface area contributed by atoms with Gasteiger partial charge in [-0.05, 0) is 49.3 Å². The first kappa shape index (κ1) is 18.9. The minimum atomic E-state index is 0.00788. The predicted octanol–water partition coefficient (Wildman–Crippen LogP) is 3.41. The first-order valence-electron chi connectivity index (χ1n) is 9.82. The number of morpholine rings is 1. The van der Waals surface area contributed by atoms with E-state index < -0.39 is 0 Å². The second-order valence-corrected chi connectivity index (χ2v) is 7.75. The average molecular weight is 358 g/mol. The van der Waals surface area contributed by atoms with Gasteiger partial charge in [-0.2, -0.15) is 0 Å². The molecule has 0 atom stereocenters. The van der Waals surface area contributed by atoms with E-state index in [0.29, 0.717) is 32.2 Å². The van der Waals surface area contributed by atoms with Gasteiger partial charge < -0.3 is 15.0 Å². The molecule has 1 saturated carbocycles. The number of carbonyl (C=O) groups is 2. The number of benzene rings is 1. The van der Waals surface area contributed by atoms with E-state index in [4.69, 9.17) is 4.74 Å². The predicted molar refractivity (Wildman–Crippen MR) is 102 cm³/mol. The zero-order valence-electron chi connectivity index (χ0n) is 15.9. The molecule has 1 aliphatic carbocycles. The molecule has 0 unspecified atom stereocenters. The molecule has 0 radical (unpaired) electrons. The largest absolute Gasteiger partial charge is 0.378 e. The van der Waals surface area contributed by atoms with E-state index in [1.165, 1.54) is 5.56 Å². The number of hydrogen-bond acceptors (Lipinski definition) is 3. The number of ether oxygens (including phenoxy) is 1. The Morgan fingerprint density at radius 3 is 2.15 bits per heavy atom. The molecule has 0 bridgehead atoms. The van der Waals surface area contributed by atoms with Crippen molar-refractivity contribution in [3.8, 4) is 0 Å². The Morgan fingerprint density at radius 1 is 1.00 bits per heavy atom. The lowest BCUT2D eigenvalue weighted by Gasteiger charge is -2.33. The molecule has 26 heavy (non-hydrogen) atoms. The molecule has 2 amide bonds. The molecule has 5 nitrogen and oxygen atoms in total. The van der Waals surface area contributed by atoms with Crippen LogP contribution >= 0.6 is 0 Å². The number of anilines is 1. The molecular formula is C21H30N2O3. The molecule has 3 rings (SSSR count). The molecule has 5 heteroatoms. The maximum absolute atomic E-state index is 12.6. The maximum atomic E-state index is 12.6. The molecule has 2 fully saturated rings. The van der Waals surface area contributed by atoms with E-state index in [2.05, 4.69) is 31.3 Å². The van der Waals surface area contributed by atoms with Crippen LogP contribution in [0.2, 0.25) is 0 Å². The highest BCUT2D eigenvalue weighted by Crippen LogP contribution is 2.31. The van der Waals surface area contributed by atoms with Crippen molar-refractivity contribution in [2.75, 3.05) is 31.6 Å². The standard InChI is InChI=1S/C21H30N2O3/c1-15(2)16-7-9-19(10-8-16)22-20(24)17-3-5-18(6-4-17)21(25)23-11-13-26-14-12-23/h7-10,15,17-18H,3-6,11-14H2,1-2H3,(H,22,24). The summed E-state index contributed by atoms with van der Waals surface area (Å²) < 4.78 is 5.32. The van der Waals surface area contributed by atoms with E-state index in [-0.39, 0.29) is 23.7 Å². The zero-order valence-corrected chi connectivity index (χ0v) is 15.9. The van der Waals surface area contributed by atoms with Crippen molar-refractivity contribution in [2.24, 2.45) is 11.8 Å². The van der Waals surface area contributed by atoms with Crippen molar-refractivity contribution in [3.63, 3.8) is 0 Å². The van der Waals surface area contributed by atoms with Crippen LogP contribution in [0.5, 0.6) is 0 Å². The number of hydrogen-bond donors (Lipinski definition) is 1. The number of nitrogens with one attached hydrogen (secondary N) is 1. The minimum absolute atomic E-state index is 0.00788. The number of rotatable bonds is 4. The van der Waals surface area contributed by atoms with Gasteiger partial charge in [-0.3, -0.25) is 9.59 Å². The molecule has 1 saturated heterocycles. The van der Waals surface area contributed by atoms with Gasteiger partial charge in [0.15, 0.2) is 0 Å². The molecule has 1 aliphatic heterocycles. The van der Waals surface area contributed by atoms with Crippen molar-refractivity contribution >= 4 is 17.5 Å². The second-order valence-electron chi connectivity index (χ2n) is 7.75. The highest BCUT2D eigenvalue weighted by molar-refractivity contribution is 5.92. The molecule has 1 aromatic carbocycles. The highest BCUT2D eigenvalue weighted by Gasteiger charge is 2.32. The monoisotopic (exact) mass is 358 g/mol. The van der Waals surface area contributed by atoms with Crippen molar-refractivity contribution < 1.29 is 14.3 Å². The lowest BCUT2D eigenvalue weighted by Crippen LogP contribution is -2.44. The van der Waals surface area contributed by atoms with Crippen molar-refractivity contribution in [2.45, 2.75) is 45.4 Å². The average Bonchev–Trinajstić information content (AvgIpc) is 2.68. The summed E-state index contributed by atoms with van der Waals surface area (Å²) in [6.07, 6.45) is 3.19. The molecule has 0 spiro atoms. The summed E-state index contributed by atoms with van der Waals surface area (Å²) in [5.41, 5.74) is 2.12. The first-order chi connectivity index (χ1) is 12.5. The fraction of sp³-hybridized carbons (Fsp3) is 0.619. The number of carbonyl (C=O) groups excluding carboxylic acids is 2. The van der Waals surface area contributed by atoms with Gasteiger partial charge in [0.05, 0.1) is 13.2 Å². The fourth-order valence-electron chi connectivity index (χ4n) is 3.84. The fourth-order valence-corrected chi connectivity index (χ4v) is 3.84. The third kappa shape index (κ3) is 4.64. The summed E-state index contributed by atoms with van der Waals surface area (Å²) in [4.78, 5) is 27.0. The first-order valence-corrected chi connectivity index (χ1v) is 9.82. The molecule has 1 N–H and O–H groups in total. The minimum Gasteiger partial charge on any atom is -0.378 e. The molecular weight excluding hydrogens is 328 g/mol. The Balaban J connectivity index is 1.48. The van der Waals surface area contributed by atoms with Gasteiger partial charge in [0.2, 0.25) is 11.8 Å². The smallest absolute Gasteiger partial charge is 0.227 e. The van der Waals surface area contributed by atoms with E-state index in [9.17, 15) is 9.59 Å². The van der Waals surface area contributed by atoms with Crippen LogP contribution in [0.25, 0.3) is 0 Å². The van der Waals surface area contributed by atoms with Crippen molar-refractivity contribution in [1.82, 2.24) is 4.90 Å². The SMILES string of the molecule is CC(C)c1ccc(NC(=O)C2CCC(C(=O)N3CCOCC3)CC2)cc1. The van der Waals surface area contributed by atoms with Gasteiger partial charge in [0, 0.05) is 30.6 Å². The van der Waals surface area contributed by atoms with E-state index in [1.54, 1.807) is 0 Å². The topological polar surface area (TPSA) is 58.6 Å². The zero-order chi connectivity index (χ0) is 18.5. The van der Waals surface area contributed by atoms with Crippen molar-refractivity contribution in [1.29, 1.82) is 0 Å². The van der Waals surface area contributed by atoms with Crippen LogP contribution in [-0.4, -0.2) is 43.0 Å². The van der Waals surface area contributed by atoms with Crippen LogP contribution in [0, 0.1) is 11.8 Å². The maximum Gasteiger partial charge on any atom is 0.227 e. The third-order valence-electron chi connectivity index (χ3n) is 5.61. The van der Waals surface area contributed by atoms with Gasteiger partial charge in [0.25, 0.3) is 0 Å². The van der Waals surface area contributed by atoms with Gasteiger partial charge >= 0.3 is 0 Å². The molecule has 1 heterocycles. The molecule has 2 aliphatic rings. The normalized spacial score (nSPS) is 23.7. The van der Waals surface area contributed by atoms with E-state index >= 15 is 0 Å². The third-order valence-corrected chi connectivity index (χ3v) is 5.61. The molecule has 142 valence electrons. The number of amides is 2.